The highest BCUT2D eigenvalue weighted by Crippen LogP contribution is 2.75. The molecule has 0 bridgehead atoms. The molecule has 1 heterocycles. The zero-order valence-corrected chi connectivity index (χ0v) is 27.1. The van der Waals surface area contributed by atoms with Gasteiger partial charge in [0.05, 0.1) is 0 Å². The van der Waals surface area contributed by atoms with Crippen LogP contribution in [-0.2, 0) is 0 Å². The van der Waals surface area contributed by atoms with Gasteiger partial charge in [0, 0.05) is 0 Å². The zero-order chi connectivity index (χ0) is 29.0. The maximum Gasteiger partial charge on any atom is 0.208 e. The van der Waals surface area contributed by atoms with E-state index in [1.807, 2.05) is 0 Å². The van der Waals surface area contributed by atoms with Crippen molar-refractivity contribution in [3.63, 3.8) is 0 Å². The topological polar surface area (TPSA) is 40.5 Å². The van der Waals surface area contributed by atoms with Crippen LogP contribution in [0.1, 0.15) is 44.5 Å². The molecule has 0 radical (unpaired) electrons. The lowest BCUT2D eigenvalue weighted by Gasteiger charge is -2.43. The smallest absolute Gasteiger partial charge is 0.208 e. The second kappa shape index (κ2) is 10.8. The average Bonchev–Trinajstić information content (AvgIpc) is 2.82. The van der Waals surface area contributed by atoms with Crippen molar-refractivity contribution in [3.05, 3.63) is 117 Å². The van der Waals surface area contributed by atoms with Gasteiger partial charge in [0.15, 0.2) is 0 Å². The minimum absolute atomic E-state index is 0.562. The van der Waals surface area contributed by atoms with Crippen LogP contribution in [0.2, 0.25) is 0 Å². The highest BCUT2D eigenvalue weighted by Gasteiger charge is 2.67. The molecule has 0 amide bonds. The van der Waals surface area contributed by atoms with Gasteiger partial charge in [-0.1, -0.05) is 24.3 Å². The first-order chi connectivity index (χ1) is 18.8. The summed E-state index contributed by atoms with van der Waals surface area (Å²) in [5.41, 5.74) is 9.63. The number of benzene rings is 4. The fourth-order valence-corrected chi connectivity index (χ4v) is 18.8. The molecule has 1 saturated heterocycles. The fraction of sp³-hybridized carbons (Fsp3) is 0.333. The van der Waals surface area contributed by atoms with Crippen LogP contribution >= 0.6 is 14.5 Å². The van der Waals surface area contributed by atoms with E-state index in [9.17, 15) is 10.2 Å². The molecule has 0 aromatic heterocycles. The van der Waals surface area contributed by atoms with Gasteiger partial charge in [0.1, 0.15) is 48.1 Å². The molecule has 2 N–H and O–H groups in total. The molecular formula is C36H44O2P2+2. The largest absolute Gasteiger partial charge is 0.356 e. The molecule has 208 valence electrons. The van der Waals surface area contributed by atoms with Gasteiger partial charge in [0.25, 0.3) is 0 Å². The lowest BCUT2D eigenvalue weighted by molar-refractivity contribution is 0.249. The lowest BCUT2D eigenvalue weighted by atomic mass is 10.2. The number of hydrogen-bond donors (Lipinski definition) is 2. The quantitative estimate of drug-likeness (QED) is 0.277. The summed E-state index contributed by atoms with van der Waals surface area (Å²) in [6.07, 6.45) is 1.15. The van der Waals surface area contributed by atoms with E-state index in [2.05, 4.69) is 128 Å². The van der Waals surface area contributed by atoms with E-state index < -0.39 is 26.2 Å². The molecule has 1 aliphatic heterocycles. The van der Waals surface area contributed by atoms with Crippen LogP contribution in [0.15, 0.2) is 72.8 Å². The predicted octanol–water partition coefficient (Wildman–Crippen LogP) is 6.44. The van der Waals surface area contributed by atoms with Crippen molar-refractivity contribution < 1.29 is 10.2 Å². The number of rotatable bonds is 4. The van der Waals surface area contributed by atoms with Crippen molar-refractivity contribution in [2.24, 2.45) is 0 Å². The molecular weight excluding hydrogens is 526 g/mol. The molecule has 0 saturated carbocycles. The van der Waals surface area contributed by atoms with Gasteiger partial charge in [-0.3, -0.25) is 0 Å². The normalized spacial score (nSPS) is 19.9. The van der Waals surface area contributed by atoms with E-state index in [4.69, 9.17) is 0 Å². The van der Waals surface area contributed by atoms with Crippen molar-refractivity contribution in [1.82, 2.24) is 0 Å². The zero-order valence-electron chi connectivity index (χ0n) is 25.3. The lowest BCUT2D eigenvalue weighted by Crippen LogP contribution is -2.50. The third-order valence-electron chi connectivity index (χ3n) is 8.59. The van der Waals surface area contributed by atoms with E-state index in [0.717, 1.165) is 0 Å². The molecule has 4 aromatic rings. The fourth-order valence-electron chi connectivity index (χ4n) is 7.17. The molecule has 4 aromatic carbocycles. The van der Waals surface area contributed by atoms with Gasteiger partial charge in [-0.15, -0.1) is 0 Å². The Hall–Kier alpha value is -2.34. The summed E-state index contributed by atoms with van der Waals surface area (Å²) in [5.74, 6) is -1.12. The van der Waals surface area contributed by atoms with Crippen LogP contribution in [0, 0.1) is 55.4 Å². The molecule has 0 spiro atoms. The number of aliphatic hydroxyl groups is 2. The molecule has 0 aliphatic carbocycles. The first-order valence-electron chi connectivity index (χ1n) is 14.3. The van der Waals surface area contributed by atoms with Gasteiger partial charge in [0.2, 0.25) is 11.7 Å². The van der Waals surface area contributed by atoms with Crippen molar-refractivity contribution in [2.45, 2.75) is 67.1 Å². The Labute approximate surface area is 242 Å². The Kier molecular flexibility index (Phi) is 7.88. The number of hydrogen-bond acceptors (Lipinski definition) is 2. The summed E-state index contributed by atoms with van der Waals surface area (Å²) < 4.78 is 0. The average molecular weight is 571 g/mol. The Morgan fingerprint density at radius 2 is 0.550 bits per heavy atom. The minimum atomic E-state index is -2.38. The summed E-state index contributed by atoms with van der Waals surface area (Å²) in [4.78, 5) is 0. The standard InChI is InChI=1S/C36H44O2P2/c1-23-9-24(2)14-31(13-23)39(32-15-25(3)10-26(4)16-32)21-36(38)40(22-35(39)37,33-17-27(5)11-28(6)18-33)34-19-29(7)12-30(8)20-34/h9-20,35-38H,21-22H2,1-8H3/q+2. The SMILES string of the molecule is Cc1cc(C)cc([P+]2(c3cc(C)cc(C)c3)CC(O)[P+](c3cc(C)cc(C)c3)(c3cc(C)cc(C)c3)CC2O)c1. The molecule has 4 heteroatoms. The predicted molar refractivity (Wildman–Crippen MR) is 178 cm³/mol. The van der Waals surface area contributed by atoms with Crippen molar-refractivity contribution in [1.29, 1.82) is 0 Å². The van der Waals surface area contributed by atoms with Crippen molar-refractivity contribution >= 4 is 35.7 Å². The number of aliphatic hydroxyl groups excluding tert-OH is 2. The second-order valence-electron chi connectivity index (χ2n) is 12.4. The van der Waals surface area contributed by atoms with Gasteiger partial charge in [-0.25, -0.2) is 0 Å². The summed E-state index contributed by atoms with van der Waals surface area (Å²) >= 11 is 0. The maximum atomic E-state index is 12.7. The van der Waals surface area contributed by atoms with E-state index in [0.29, 0.717) is 12.3 Å². The molecule has 1 aliphatic rings. The van der Waals surface area contributed by atoms with Crippen LogP contribution in [0.5, 0.6) is 0 Å². The molecule has 2 atom stereocenters. The van der Waals surface area contributed by atoms with Gasteiger partial charge < -0.3 is 10.2 Å². The molecule has 1 fully saturated rings. The van der Waals surface area contributed by atoms with E-state index in [1.165, 1.54) is 65.7 Å². The summed E-state index contributed by atoms with van der Waals surface area (Å²) in [6.45, 7) is 17.1. The van der Waals surface area contributed by atoms with E-state index in [1.54, 1.807) is 0 Å². The summed E-state index contributed by atoms with van der Waals surface area (Å²) in [5, 5.41) is 30.3. The second-order valence-corrected chi connectivity index (χ2v) is 19.9. The van der Waals surface area contributed by atoms with Crippen LogP contribution in [0.25, 0.3) is 0 Å². The van der Waals surface area contributed by atoms with Crippen LogP contribution in [-0.4, -0.2) is 34.2 Å². The minimum Gasteiger partial charge on any atom is -0.356 e. The van der Waals surface area contributed by atoms with Crippen molar-refractivity contribution in [3.8, 4) is 0 Å². The van der Waals surface area contributed by atoms with Crippen molar-refractivity contribution in [2.75, 3.05) is 12.3 Å². The van der Waals surface area contributed by atoms with Crippen LogP contribution < -0.4 is 21.2 Å². The monoisotopic (exact) mass is 570 g/mol. The highest BCUT2D eigenvalue weighted by molar-refractivity contribution is 7.96. The third-order valence-corrected chi connectivity index (χ3v) is 18.1. The molecule has 2 unspecified atom stereocenters. The number of aryl methyl sites for hydroxylation is 8. The van der Waals surface area contributed by atoms with Gasteiger partial charge in [-0.05, 0) is 148 Å². The Morgan fingerprint density at radius 1 is 0.375 bits per heavy atom. The summed E-state index contributed by atoms with van der Waals surface area (Å²) in [6, 6.07) is 27.0. The van der Waals surface area contributed by atoms with Gasteiger partial charge in [-0.2, -0.15) is 0 Å². The Bertz CT molecular complexity index is 1290. The molecule has 40 heavy (non-hydrogen) atoms. The van der Waals surface area contributed by atoms with Crippen LogP contribution in [0.3, 0.4) is 0 Å². The van der Waals surface area contributed by atoms with Crippen LogP contribution in [0.4, 0.5) is 0 Å². The first kappa shape index (κ1) is 29.2. The third kappa shape index (κ3) is 5.10. The first-order valence-corrected chi connectivity index (χ1v) is 18.4. The summed E-state index contributed by atoms with van der Waals surface area (Å²) in [7, 11) is -4.77. The maximum absolute atomic E-state index is 12.7. The van der Waals surface area contributed by atoms with Gasteiger partial charge >= 0.3 is 0 Å². The Morgan fingerprint density at radius 3 is 0.725 bits per heavy atom. The van der Waals surface area contributed by atoms with E-state index in [-0.39, 0.29) is 0 Å². The molecule has 5 rings (SSSR count). The molecule has 2 nitrogen and oxygen atoms in total. The highest BCUT2D eigenvalue weighted by atomic mass is 31.2. The van der Waals surface area contributed by atoms with E-state index >= 15 is 0 Å². The Balaban J connectivity index is 1.81.